The third-order valence-corrected chi connectivity index (χ3v) is 7.32. The average Bonchev–Trinajstić information content (AvgIpc) is 3.12. The van der Waals surface area contributed by atoms with E-state index in [1.165, 1.54) is 20.3 Å². The average molecular weight is 452 g/mol. The van der Waals surface area contributed by atoms with E-state index in [9.17, 15) is 14.8 Å². The summed E-state index contributed by atoms with van der Waals surface area (Å²) in [5.41, 5.74) is -0.466. The number of aromatic nitrogens is 2. The summed E-state index contributed by atoms with van der Waals surface area (Å²) < 4.78 is 14.5. The fraction of sp³-hybridized carbons (Fsp3) is 0.474. The van der Waals surface area contributed by atoms with Crippen molar-refractivity contribution >= 4 is 19.4 Å². The van der Waals surface area contributed by atoms with Crippen LogP contribution < -0.4 is 15.7 Å². The molecule has 0 saturated carbocycles. The quantitative estimate of drug-likeness (QED) is 0.638. The molecule has 1 aromatic heterocycles. The fourth-order valence-corrected chi connectivity index (χ4v) is 5.52. The Morgan fingerprint density at radius 1 is 1.29 bits per heavy atom. The van der Waals surface area contributed by atoms with E-state index in [1.807, 2.05) is 18.2 Å². The van der Waals surface area contributed by atoms with Crippen LogP contribution in [0.4, 0.5) is 0 Å². The molecule has 2 fully saturated rings. The van der Waals surface area contributed by atoms with Crippen LogP contribution in [0.2, 0.25) is 5.32 Å². The van der Waals surface area contributed by atoms with Gasteiger partial charge in [-0.05, 0) is 0 Å². The van der Waals surface area contributed by atoms with Gasteiger partial charge in [-0.2, -0.15) is 0 Å². The third kappa shape index (κ3) is 4.00. The van der Waals surface area contributed by atoms with Crippen LogP contribution in [0.3, 0.4) is 0 Å². The first-order valence-corrected chi connectivity index (χ1v) is 11.3. The molecule has 2 N–H and O–H groups in total. The molecule has 0 radical (unpaired) electrons. The van der Waals surface area contributed by atoms with Gasteiger partial charge in [0, 0.05) is 0 Å². The molecule has 0 bridgehead atoms. The van der Waals surface area contributed by atoms with Crippen LogP contribution in [0.15, 0.2) is 46.1 Å². The Balaban J connectivity index is 1.39. The number of aromatic amines is 1. The second-order valence-corrected chi connectivity index (χ2v) is 9.48. The van der Waals surface area contributed by atoms with E-state index in [2.05, 4.69) is 17.1 Å². The topological polar surface area (TPSA) is 96.8 Å². The Bertz CT molecular complexity index is 931. The summed E-state index contributed by atoms with van der Waals surface area (Å²) in [6, 6.07) is 10.1. The molecule has 3 heterocycles. The van der Waals surface area contributed by atoms with E-state index < -0.39 is 17.5 Å². The molecule has 1 aromatic carbocycles. The molecule has 2 aliphatic rings. The summed E-state index contributed by atoms with van der Waals surface area (Å²) in [7, 11) is 0. The normalized spacial score (nSPS) is 27.6. The number of aryl methyl sites for hydroxylation is 1. The van der Waals surface area contributed by atoms with Gasteiger partial charge in [0.15, 0.2) is 0 Å². The second kappa shape index (κ2) is 8.32. The predicted octanol–water partition coefficient (Wildman–Crippen LogP) is 0.387. The van der Waals surface area contributed by atoms with Crippen LogP contribution in [0.1, 0.15) is 24.6 Å². The Morgan fingerprint density at radius 2 is 2.07 bits per heavy atom. The molecule has 28 heavy (non-hydrogen) atoms. The number of hydrogen-bond donors (Lipinski definition) is 2. The summed E-state index contributed by atoms with van der Waals surface area (Å²) in [4.78, 5) is 26.0. The molecular weight excluding hydrogens is 429 g/mol. The first-order valence-electron chi connectivity index (χ1n) is 9.27. The van der Waals surface area contributed by atoms with Crippen molar-refractivity contribution in [2.24, 2.45) is 0 Å². The summed E-state index contributed by atoms with van der Waals surface area (Å²) in [5.74, 6) is 0. The number of hydrogen-bond acceptors (Lipinski definition) is 6. The molecule has 9 heteroatoms. The number of benzene rings is 1. The van der Waals surface area contributed by atoms with Gasteiger partial charge in [-0.15, -0.1) is 0 Å². The van der Waals surface area contributed by atoms with Crippen molar-refractivity contribution in [2.75, 3.05) is 6.61 Å². The second-order valence-electron chi connectivity index (χ2n) is 7.03. The Hall–Kier alpha value is -1.74. The Morgan fingerprint density at radius 3 is 2.86 bits per heavy atom. The van der Waals surface area contributed by atoms with Crippen molar-refractivity contribution in [3.8, 4) is 0 Å². The van der Waals surface area contributed by atoms with Crippen molar-refractivity contribution in [1.82, 2.24) is 14.6 Å². The van der Waals surface area contributed by atoms with E-state index in [-0.39, 0.29) is 18.4 Å². The number of nitrogens with one attached hydrogen (secondary N) is 1. The molecule has 4 unspecified atom stereocenters. The van der Waals surface area contributed by atoms with Gasteiger partial charge in [-0.1, -0.05) is 0 Å². The molecule has 150 valence electrons. The molecule has 4 atom stereocenters. The fourth-order valence-electron chi connectivity index (χ4n) is 3.62. The molecule has 0 amide bonds. The van der Waals surface area contributed by atoms with Crippen LogP contribution in [0.25, 0.3) is 0 Å². The van der Waals surface area contributed by atoms with Gasteiger partial charge >= 0.3 is 168 Å². The molecule has 2 saturated heterocycles. The van der Waals surface area contributed by atoms with Gasteiger partial charge in [-0.3, -0.25) is 0 Å². The van der Waals surface area contributed by atoms with Crippen molar-refractivity contribution in [1.29, 1.82) is 0 Å². The van der Waals surface area contributed by atoms with Crippen molar-refractivity contribution in [3.63, 3.8) is 0 Å². The number of fused-ring (bicyclic) bond motifs is 1. The number of ether oxygens (including phenoxy) is 2. The van der Waals surface area contributed by atoms with E-state index >= 15 is 0 Å². The number of rotatable bonds is 5. The maximum absolute atomic E-state index is 12.1. The van der Waals surface area contributed by atoms with Crippen molar-refractivity contribution in [2.45, 2.75) is 49.7 Å². The SMILES string of the molecule is Cc1cn(C2CC3C(COC(CC[Se]c4ccccc4)N3O)O2)c(=O)[nH]c1=O. The van der Waals surface area contributed by atoms with E-state index in [0.717, 1.165) is 11.7 Å². The molecule has 2 aromatic rings. The van der Waals surface area contributed by atoms with Crippen LogP contribution in [0, 0.1) is 6.92 Å². The minimum atomic E-state index is -0.538. The molecule has 8 nitrogen and oxygen atoms in total. The van der Waals surface area contributed by atoms with Gasteiger partial charge in [-0.25, -0.2) is 0 Å². The third-order valence-electron chi connectivity index (χ3n) is 5.12. The van der Waals surface area contributed by atoms with E-state index in [4.69, 9.17) is 9.47 Å². The molecular formula is C19H23N3O5Se. The number of hydroxylamine groups is 2. The minimum absolute atomic E-state index is 0.243. The van der Waals surface area contributed by atoms with Crippen LogP contribution in [-0.2, 0) is 9.47 Å². The first-order chi connectivity index (χ1) is 13.5. The molecule has 0 aliphatic carbocycles. The van der Waals surface area contributed by atoms with Crippen molar-refractivity contribution in [3.05, 3.63) is 62.9 Å². The Labute approximate surface area is 168 Å². The van der Waals surface area contributed by atoms with Gasteiger partial charge in [0.05, 0.1) is 0 Å². The van der Waals surface area contributed by atoms with Crippen LogP contribution in [0.5, 0.6) is 0 Å². The summed E-state index contributed by atoms with van der Waals surface area (Å²) in [6.07, 6.45) is 1.47. The van der Waals surface area contributed by atoms with Gasteiger partial charge < -0.3 is 0 Å². The van der Waals surface area contributed by atoms with Crippen LogP contribution >= 0.6 is 0 Å². The summed E-state index contributed by atoms with van der Waals surface area (Å²) in [5, 5.41) is 12.9. The summed E-state index contributed by atoms with van der Waals surface area (Å²) >= 11 is 0.331. The standard InChI is InChI=1S/C19H23N3O5Se/c1-12-10-21(19(24)20-18(12)23)17-9-14-15(27-17)11-26-16(22(14)25)7-8-28-13-5-3-2-4-6-13/h2-6,10,14-17,25H,7-9,11H2,1H3,(H,20,23,24). The molecule has 2 aliphatic heterocycles. The van der Waals surface area contributed by atoms with Gasteiger partial charge in [0.25, 0.3) is 0 Å². The van der Waals surface area contributed by atoms with Gasteiger partial charge in [0.2, 0.25) is 0 Å². The van der Waals surface area contributed by atoms with E-state index in [0.29, 0.717) is 33.5 Å². The Kier molecular flexibility index (Phi) is 5.82. The molecule has 4 rings (SSSR count). The monoisotopic (exact) mass is 453 g/mol. The predicted molar refractivity (Wildman–Crippen MR) is 103 cm³/mol. The van der Waals surface area contributed by atoms with Gasteiger partial charge in [0.1, 0.15) is 0 Å². The van der Waals surface area contributed by atoms with Crippen LogP contribution in [-0.4, -0.2) is 59.8 Å². The molecule has 0 spiro atoms. The number of nitrogens with zero attached hydrogens (tertiary/aromatic N) is 2. The first kappa shape index (κ1) is 19.6. The zero-order chi connectivity index (χ0) is 19.7. The zero-order valence-corrected chi connectivity index (χ0v) is 17.2. The maximum atomic E-state index is 12.1. The van der Waals surface area contributed by atoms with Crippen molar-refractivity contribution < 1.29 is 14.7 Å². The zero-order valence-electron chi connectivity index (χ0n) is 15.5. The number of H-pyrrole nitrogens is 1. The summed E-state index contributed by atoms with van der Waals surface area (Å²) in [6.45, 7) is 2.01. The van der Waals surface area contributed by atoms with E-state index in [1.54, 1.807) is 6.92 Å².